The lowest BCUT2D eigenvalue weighted by molar-refractivity contribution is -0.113. The van der Waals surface area contributed by atoms with Crippen molar-refractivity contribution in [3.63, 3.8) is 0 Å². The SMILES string of the molecule is N#Cc1ccc(-c2ccccn2)nc1SCC(=O)Nc1ccc2c(c1)OCO2. The highest BCUT2D eigenvalue weighted by Crippen LogP contribution is 2.34. The molecule has 0 fully saturated rings. The lowest BCUT2D eigenvalue weighted by atomic mass is 10.2. The van der Waals surface area contributed by atoms with E-state index in [-0.39, 0.29) is 18.5 Å². The lowest BCUT2D eigenvalue weighted by Gasteiger charge is -2.08. The van der Waals surface area contributed by atoms with Crippen molar-refractivity contribution in [1.29, 1.82) is 5.26 Å². The average Bonchev–Trinajstić information content (AvgIpc) is 3.20. The van der Waals surface area contributed by atoms with Crippen LogP contribution in [0.1, 0.15) is 5.56 Å². The summed E-state index contributed by atoms with van der Waals surface area (Å²) >= 11 is 1.20. The van der Waals surface area contributed by atoms with Crippen LogP contribution in [0.5, 0.6) is 11.5 Å². The number of carbonyl (C=O) groups excluding carboxylic acids is 1. The number of ether oxygens (including phenoxy) is 2. The fraction of sp³-hybridized carbons (Fsp3) is 0.100. The number of hydrogen-bond donors (Lipinski definition) is 1. The third-order valence-corrected chi connectivity index (χ3v) is 4.90. The van der Waals surface area contributed by atoms with Gasteiger partial charge < -0.3 is 14.8 Å². The summed E-state index contributed by atoms with van der Waals surface area (Å²) in [4.78, 5) is 21.1. The average molecular weight is 390 g/mol. The highest BCUT2D eigenvalue weighted by molar-refractivity contribution is 8.00. The van der Waals surface area contributed by atoms with Gasteiger partial charge in [-0.25, -0.2) is 4.98 Å². The third kappa shape index (κ3) is 3.89. The zero-order chi connectivity index (χ0) is 19.3. The molecule has 0 spiro atoms. The van der Waals surface area contributed by atoms with E-state index >= 15 is 0 Å². The predicted octanol–water partition coefficient (Wildman–Crippen LogP) is 3.47. The van der Waals surface area contributed by atoms with E-state index in [1.165, 1.54) is 11.8 Å². The van der Waals surface area contributed by atoms with Crippen molar-refractivity contribution in [3.05, 3.63) is 60.3 Å². The highest BCUT2D eigenvalue weighted by atomic mass is 32.2. The summed E-state index contributed by atoms with van der Waals surface area (Å²) in [6.45, 7) is 0.178. The predicted molar refractivity (Wildman–Crippen MR) is 104 cm³/mol. The van der Waals surface area contributed by atoms with E-state index < -0.39 is 0 Å². The van der Waals surface area contributed by atoms with E-state index in [1.807, 2.05) is 18.2 Å². The summed E-state index contributed by atoms with van der Waals surface area (Å²) in [7, 11) is 0. The zero-order valence-corrected chi connectivity index (χ0v) is 15.4. The molecule has 0 unspecified atom stereocenters. The molecular formula is C20H14N4O3S. The minimum absolute atomic E-state index is 0.113. The molecule has 1 aliphatic rings. The van der Waals surface area contributed by atoms with Crippen LogP contribution >= 0.6 is 11.8 Å². The lowest BCUT2D eigenvalue weighted by Crippen LogP contribution is -2.14. The van der Waals surface area contributed by atoms with E-state index in [4.69, 9.17) is 9.47 Å². The first-order chi connectivity index (χ1) is 13.7. The summed E-state index contributed by atoms with van der Waals surface area (Å²) in [5, 5.41) is 12.6. The van der Waals surface area contributed by atoms with E-state index in [0.717, 1.165) is 0 Å². The number of thioether (sulfide) groups is 1. The number of rotatable bonds is 5. The Morgan fingerprint density at radius 3 is 2.86 bits per heavy atom. The number of hydrogen-bond acceptors (Lipinski definition) is 7. The van der Waals surface area contributed by atoms with Crippen LogP contribution in [0.3, 0.4) is 0 Å². The van der Waals surface area contributed by atoms with Crippen molar-refractivity contribution in [2.75, 3.05) is 17.9 Å². The van der Waals surface area contributed by atoms with Crippen LogP contribution in [-0.2, 0) is 4.79 Å². The molecular weight excluding hydrogens is 376 g/mol. The number of fused-ring (bicyclic) bond motifs is 1. The van der Waals surface area contributed by atoms with Crippen LogP contribution in [0.15, 0.2) is 59.8 Å². The molecule has 4 rings (SSSR count). The van der Waals surface area contributed by atoms with Crippen LogP contribution in [0.4, 0.5) is 5.69 Å². The Morgan fingerprint density at radius 1 is 1.14 bits per heavy atom. The Morgan fingerprint density at radius 2 is 2.04 bits per heavy atom. The molecule has 1 amide bonds. The summed E-state index contributed by atoms with van der Waals surface area (Å²) in [5.41, 5.74) is 2.39. The van der Waals surface area contributed by atoms with Crippen LogP contribution < -0.4 is 14.8 Å². The van der Waals surface area contributed by atoms with E-state index in [0.29, 0.717) is 39.2 Å². The molecule has 0 saturated carbocycles. The largest absolute Gasteiger partial charge is 0.454 e. The molecule has 2 aromatic heterocycles. The van der Waals surface area contributed by atoms with Crippen molar-refractivity contribution in [2.45, 2.75) is 5.03 Å². The van der Waals surface area contributed by atoms with Gasteiger partial charge in [-0.1, -0.05) is 17.8 Å². The second-order valence-electron chi connectivity index (χ2n) is 5.78. The molecule has 1 aliphatic heterocycles. The summed E-state index contributed by atoms with van der Waals surface area (Å²) in [6, 6.07) is 16.3. The Hall–Kier alpha value is -3.57. The fourth-order valence-corrected chi connectivity index (χ4v) is 3.37. The van der Waals surface area contributed by atoms with Gasteiger partial charge in [-0.15, -0.1) is 0 Å². The fourth-order valence-electron chi connectivity index (χ4n) is 2.60. The van der Waals surface area contributed by atoms with Crippen molar-refractivity contribution in [1.82, 2.24) is 9.97 Å². The standard InChI is InChI=1S/C20H14N4O3S/c21-10-13-4-6-16(15-3-1-2-8-22-15)24-20(13)28-11-19(25)23-14-5-7-17-18(9-14)27-12-26-17/h1-9H,11-12H2,(H,23,25). The van der Waals surface area contributed by atoms with Gasteiger partial charge in [-0.3, -0.25) is 9.78 Å². The molecule has 0 saturated heterocycles. The van der Waals surface area contributed by atoms with Crippen molar-refractivity contribution >= 4 is 23.4 Å². The Labute approximate surface area is 165 Å². The first kappa shape index (κ1) is 17.8. The molecule has 3 aromatic rings. The quantitative estimate of drug-likeness (QED) is 0.666. The number of carbonyl (C=O) groups is 1. The van der Waals surface area contributed by atoms with Gasteiger partial charge in [0.2, 0.25) is 12.7 Å². The third-order valence-electron chi connectivity index (χ3n) is 3.90. The number of aromatic nitrogens is 2. The second kappa shape index (κ2) is 7.98. The van der Waals surface area contributed by atoms with E-state index in [1.54, 1.807) is 36.5 Å². The first-order valence-corrected chi connectivity index (χ1v) is 9.36. The minimum atomic E-state index is -0.210. The van der Waals surface area contributed by atoms with Gasteiger partial charge >= 0.3 is 0 Å². The van der Waals surface area contributed by atoms with Crippen molar-refractivity contribution in [2.24, 2.45) is 0 Å². The summed E-state index contributed by atoms with van der Waals surface area (Å²) in [5.74, 6) is 1.16. The number of amides is 1. The zero-order valence-electron chi connectivity index (χ0n) is 14.6. The maximum Gasteiger partial charge on any atom is 0.234 e. The highest BCUT2D eigenvalue weighted by Gasteiger charge is 2.15. The van der Waals surface area contributed by atoms with Gasteiger partial charge in [0, 0.05) is 18.0 Å². The topological polar surface area (TPSA) is 97.1 Å². The minimum Gasteiger partial charge on any atom is -0.454 e. The van der Waals surface area contributed by atoms with Crippen molar-refractivity contribution in [3.8, 4) is 29.0 Å². The molecule has 1 aromatic carbocycles. The molecule has 3 heterocycles. The smallest absolute Gasteiger partial charge is 0.234 e. The van der Waals surface area contributed by atoms with Crippen LogP contribution in [0.2, 0.25) is 0 Å². The van der Waals surface area contributed by atoms with Crippen LogP contribution in [0, 0.1) is 11.3 Å². The van der Waals surface area contributed by atoms with E-state index in [9.17, 15) is 10.1 Å². The Kier molecular flexibility index (Phi) is 5.08. The molecule has 8 heteroatoms. The Bertz CT molecular complexity index is 1070. The number of pyridine rings is 2. The summed E-state index contributed by atoms with van der Waals surface area (Å²) < 4.78 is 10.6. The molecule has 28 heavy (non-hydrogen) atoms. The number of nitrogens with one attached hydrogen (secondary N) is 1. The number of benzene rings is 1. The number of nitrogens with zero attached hydrogens (tertiary/aromatic N) is 3. The molecule has 0 radical (unpaired) electrons. The van der Waals surface area contributed by atoms with Gasteiger partial charge in [0.1, 0.15) is 11.1 Å². The van der Waals surface area contributed by atoms with E-state index in [2.05, 4.69) is 21.4 Å². The molecule has 0 atom stereocenters. The normalized spacial score (nSPS) is 11.7. The number of anilines is 1. The molecule has 0 bridgehead atoms. The maximum atomic E-state index is 12.3. The van der Waals surface area contributed by atoms with Gasteiger partial charge in [0.25, 0.3) is 0 Å². The van der Waals surface area contributed by atoms with Gasteiger partial charge in [0.05, 0.1) is 22.7 Å². The second-order valence-corrected chi connectivity index (χ2v) is 6.74. The summed E-state index contributed by atoms with van der Waals surface area (Å²) in [6.07, 6.45) is 1.68. The number of nitriles is 1. The molecule has 7 nitrogen and oxygen atoms in total. The maximum absolute atomic E-state index is 12.3. The molecule has 1 N–H and O–H groups in total. The Balaban J connectivity index is 1.45. The van der Waals surface area contributed by atoms with Gasteiger partial charge in [0.15, 0.2) is 11.5 Å². The van der Waals surface area contributed by atoms with Gasteiger partial charge in [-0.2, -0.15) is 5.26 Å². The first-order valence-electron chi connectivity index (χ1n) is 8.38. The van der Waals surface area contributed by atoms with Gasteiger partial charge in [-0.05, 0) is 36.4 Å². The van der Waals surface area contributed by atoms with Crippen LogP contribution in [0.25, 0.3) is 11.4 Å². The van der Waals surface area contributed by atoms with Crippen LogP contribution in [-0.4, -0.2) is 28.4 Å². The molecule has 0 aliphatic carbocycles. The monoisotopic (exact) mass is 390 g/mol. The van der Waals surface area contributed by atoms with Crippen molar-refractivity contribution < 1.29 is 14.3 Å². The molecule has 138 valence electrons.